The lowest BCUT2D eigenvalue weighted by Crippen LogP contribution is -2.14. The third-order valence-electron chi connectivity index (χ3n) is 3.73. The van der Waals surface area contributed by atoms with E-state index in [4.69, 9.17) is 4.18 Å². The Balaban J connectivity index is 2.18. The summed E-state index contributed by atoms with van der Waals surface area (Å²) in [5.74, 6) is -1.55. The molecule has 1 heterocycles. The molecule has 0 aliphatic carbocycles. The molecule has 0 unspecified atom stereocenters. The number of pyridine rings is 1. The SMILES string of the molecule is Cc1ccc(S(=O)(=O)Oc2c(C)nc3ccccc3c2C(=O)O)cc1. The summed E-state index contributed by atoms with van der Waals surface area (Å²) < 4.78 is 30.3. The first kappa shape index (κ1) is 16.9. The topological polar surface area (TPSA) is 93.6 Å². The number of fused-ring (bicyclic) bond motifs is 1. The summed E-state index contributed by atoms with van der Waals surface area (Å²) in [5.41, 5.74) is 1.32. The quantitative estimate of drug-likeness (QED) is 0.720. The zero-order valence-corrected chi connectivity index (χ0v) is 14.4. The van der Waals surface area contributed by atoms with Crippen molar-refractivity contribution in [2.75, 3.05) is 0 Å². The second kappa shape index (κ2) is 6.18. The van der Waals surface area contributed by atoms with Gasteiger partial charge in [0.1, 0.15) is 10.5 Å². The summed E-state index contributed by atoms with van der Waals surface area (Å²) >= 11 is 0. The van der Waals surface area contributed by atoms with E-state index in [1.54, 1.807) is 36.4 Å². The molecule has 3 rings (SSSR count). The molecule has 1 aromatic heterocycles. The molecule has 128 valence electrons. The van der Waals surface area contributed by atoms with Gasteiger partial charge < -0.3 is 9.29 Å². The average Bonchev–Trinajstić information content (AvgIpc) is 2.55. The van der Waals surface area contributed by atoms with Crippen LogP contribution in [0.4, 0.5) is 0 Å². The van der Waals surface area contributed by atoms with Crippen LogP contribution in [0.15, 0.2) is 53.4 Å². The second-order valence-electron chi connectivity index (χ2n) is 5.57. The number of aromatic nitrogens is 1. The Morgan fingerprint density at radius 3 is 2.32 bits per heavy atom. The van der Waals surface area contributed by atoms with Gasteiger partial charge in [0.25, 0.3) is 0 Å². The Kier molecular flexibility index (Phi) is 4.18. The van der Waals surface area contributed by atoms with Gasteiger partial charge in [0.15, 0.2) is 5.75 Å². The summed E-state index contributed by atoms with van der Waals surface area (Å²) in [4.78, 5) is 16.0. The zero-order valence-electron chi connectivity index (χ0n) is 13.6. The lowest BCUT2D eigenvalue weighted by atomic mass is 10.1. The Labute approximate surface area is 144 Å². The van der Waals surface area contributed by atoms with Gasteiger partial charge in [-0.15, -0.1) is 0 Å². The first-order chi connectivity index (χ1) is 11.8. The number of carboxylic acids is 1. The number of nitrogens with zero attached hydrogens (tertiary/aromatic N) is 1. The van der Waals surface area contributed by atoms with E-state index >= 15 is 0 Å². The smallest absolute Gasteiger partial charge is 0.340 e. The fourth-order valence-corrected chi connectivity index (χ4v) is 3.48. The zero-order chi connectivity index (χ0) is 18.2. The normalized spacial score (nSPS) is 11.4. The number of carbonyl (C=O) groups is 1. The van der Waals surface area contributed by atoms with Gasteiger partial charge in [0, 0.05) is 5.39 Å². The first-order valence-corrected chi connectivity index (χ1v) is 8.84. The molecule has 0 amide bonds. The van der Waals surface area contributed by atoms with Crippen LogP contribution in [0.1, 0.15) is 21.6 Å². The fraction of sp³-hybridized carbons (Fsp3) is 0.111. The molecule has 0 fully saturated rings. The van der Waals surface area contributed by atoms with Gasteiger partial charge in [0.2, 0.25) is 0 Å². The van der Waals surface area contributed by atoms with Crippen molar-refractivity contribution in [1.82, 2.24) is 4.98 Å². The number of hydrogen-bond acceptors (Lipinski definition) is 5. The highest BCUT2D eigenvalue weighted by atomic mass is 32.2. The summed E-state index contributed by atoms with van der Waals surface area (Å²) in [5, 5.41) is 9.90. The van der Waals surface area contributed by atoms with Crippen molar-refractivity contribution in [3.05, 3.63) is 65.4 Å². The maximum absolute atomic E-state index is 12.5. The van der Waals surface area contributed by atoms with E-state index in [9.17, 15) is 18.3 Å². The molecule has 0 atom stereocenters. The molecule has 0 spiro atoms. The van der Waals surface area contributed by atoms with E-state index in [0.29, 0.717) is 10.9 Å². The van der Waals surface area contributed by atoms with Crippen molar-refractivity contribution in [2.45, 2.75) is 18.7 Å². The minimum Gasteiger partial charge on any atom is -0.478 e. The number of carboxylic acid groups (broad SMARTS) is 1. The number of hydrogen-bond donors (Lipinski definition) is 1. The van der Waals surface area contributed by atoms with Gasteiger partial charge in [-0.3, -0.25) is 0 Å². The predicted molar refractivity (Wildman–Crippen MR) is 92.4 cm³/mol. The summed E-state index contributed by atoms with van der Waals surface area (Å²) in [6.45, 7) is 3.34. The third-order valence-corrected chi connectivity index (χ3v) is 4.97. The highest BCUT2D eigenvalue weighted by Gasteiger charge is 2.25. The molecule has 3 aromatic rings. The molecule has 2 aromatic carbocycles. The van der Waals surface area contributed by atoms with E-state index in [1.165, 1.54) is 19.1 Å². The Bertz CT molecular complexity index is 1070. The van der Waals surface area contributed by atoms with Crippen LogP contribution in [0.3, 0.4) is 0 Å². The largest absolute Gasteiger partial charge is 0.478 e. The summed E-state index contributed by atoms with van der Waals surface area (Å²) in [6.07, 6.45) is 0. The van der Waals surface area contributed by atoms with Crippen molar-refractivity contribution in [3.8, 4) is 5.75 Å². The molecule has 25 heavy (non-hydrogen) atoms. The van der Waals surface area contributed by atoms with Crippen LogP contribution in [0.25, 0.3) is 10.9 Å². The molecular weight excluding hydrogens is 342 g/mol. The Morgan fingerprint density at radius 2 is 1.68 bits per heavy atom. The molecule has 0 saturated heterocycles. The molecule has 0 aliphatic heterocycles. The van der Waals surface area contributed by atoms with Crippen molar-refractivity contribution < 1.29 is 22.5 Å². The standard InChI is InChI=1S/C18H15NO5S/c1-11-7-9-13(10-8-11)25(22,23)24-17-12(2)19-15-6-4-3-5-14(15)16(17)18(20)21/h3-10H,1-2H3,(H,20,21). The molecule has 0 radical (unpaired) electrons. The minimum atomic E-state index is -4.18. The number of benzene rings is 2. The van der Waals surface area contributed by atoms with Crippen molar-refractivity contribution in [1.29, 1.82) is 0 Å². The number of para-hydroxylation sites is 1. The van der Waals surface area contributed by atoms with Gasteiger partial charge >= 0.3 is 16.1 Å². The highest BCUT2D eigenvalue weighted by Crippen LogP contribution is 2.32. The van der Waals surface area contributed by atoms with E-state index in [0.717, 1.165) is 5.56 Å². The van der Waals surface area contributed by atoms with Crippen molar-refractivity contribution in [3.63, 3.8) is 0 Å². The molecule has 7 heteroatoms. The van der Waals surface area contributed by atoms with Crippen LogP contribution < -0.4 is 4.18 Å². The van der Waals surface area contributed by atoms with Crippen molar-refractivity contribution in [2.24, 2.45) is 0 Å². The number of rotatable bonds is 4. The summed E-state index contributed by atoms with van der Waals surface area (Å²) in [6, 6.07) is 12.7. The third kappa shape index (κ3) is 3.18. The molecule has 0 bridgehead atoms. The van der Waals surface area contributed by atoms with Gasteiger partial charge in [-0.25, -0.2) is 9.78 Å². The molecule has 6 nitrogen and oxygen atoms in total. The van der Waals surface area contributed by atoms with Crippen LogP contribution >= 0.6 is 0 Å². The lowest BCUT2D eigenvalue weighted by molar-refractivity contribution is 0.0697. The van der Waals surface area contributed by atoms with Gasteiger partial charge in [-0.05, 0) is 32.0 Å². The minimum absolute atomic E-state index is 0.0537. The van der Waals surface area contributed by atoms with Gasteiger partial charge in [0.05, 0.1) is 11.2 Å². The molecular formula is C18H15NO5S. The molecule has 0 saturated carbocycles. The van der Waals surface area contributed by atoms with Crippen LogP contribution in [0.2, 0.25) is 0 Å². The van der Waals surface area contributed by atoms with Gasteiger partial charge in [-0.1, -0.05) is 35.9 Å². The monoisotopic (exact) mass is 357 g/mol. The second-order valence-corrected chi connectivity index (χ2v) is 7.12. The molecule has 1 N–H and O–H groups in total. The van der Waals surface area contributed by atoms with E-state index < -0.39 is 16.1 Å². The fourth-order valence-electron chi connectivity index (χ4n) is 2.49. The maximum atomic E-state index is 12.5. The van der Waals surface area contributed by atoms with Crippen molar-refractivity contribution >= 4 is 27.0 Å². The number of aromatic carboxylic acids is 1. The first-order valence-electron chi connectivity index (χ1n) is 7.43. The van der Waals surface area contributed by atoms with E-state index in [1.807, 2.05) is 6.92 Å². The van der Waals surface area contributed by atoms with Crippen LogP contribution in [0, 0.1) is 13.8 Å². The lowest BCUT2D eigenvalue weighted by Gasteiger charge is -2.13. The average molecular weight is 357 g/mol. The summed E-state index contributed by atoms with van der Waals surface area (Å²) in [7, 11) is -4.18. The van der Waals surface area contributed by atoms with Crippen LogP contribution in [-0.2, 0) is 10.1 Å². The van der Waals surface area contributed by atoms with Crippen LogP contribution in [0.5, 0.6) is 5.75 Å². The van der Waals surface area contributed by atoms with E-state index in [-0.39, 0.29) is 21.9 Å². The maximum Gasteiger partial charge on any atom is 0.340 e. The highest BCUT2D eigenvalue weighted by molar-refractivity contribution is 7.87. The number of aryl methyl sites for hydroxylation is 2. The van der Waals surface area contributed by atoms with Crippen LogP contribution in [-0.4, -0.2) is 24.5 Å². The van der Waals surface area contributed by atoms with E-state index in [2.05, 4.69) is 4.98 Å². The Hall–Kier alpha value is -2.93. The molecule has 0 aliphatic rings. The predicted octanol–water partition coefficient (Wildman–Crippen LogP) is 3.32. The Morgan fingerprint density at radius 1 is 1.04 bits per heavy atom. The van der Waals surface area contributed by atoms with Gasteiger partial charge in [-0.2, -0.15) is 8.42 Å².